The molecule has 1 aliphatic heterocycles. The summed E-state index contributed by atoms with van der Waals surface area (Å²) in [5.41, 5.74) is 0.220. The third kappa shape index (κ3) is 1.18. The Morgan fingerprint density at radius 2 is 2.09 bits per heavy atom. The number of Topliss-reactive ketones (excluding diaryl/α,β-unsaturated/α-hetero) is 2. The van der Waals surface area contributed by atoms with Crippen molar-refractivity contribution in [2.75, 3.05) is 0 Å². The van der Waals surface area contributed by atoms with Crippen LogP contribution < -0.4 is 0 Å². The molecule has 0 N–H and O–H groups in total. The van der Waals surface area contributed by atoms with Crippen molar-refractivity contribution in [2.45, 2.75) is 26.9 Å². The Bertz CT molecular complexity index is 250. The lowest BCUT2D eigenvalue weighted by molar-refractivity contribution is -0.123. The van der Waals surface area contributed by atoms with Crippen LogP contribution in [0, 0.1) is 0 Å². The molecular formula is C8H10O3. The highest BCUT2D eigenvalue weighted by Crippen LogP contribution is 2.21. The Kier molecular flexibility index (Phi) is 1.81. The highest BCUT2D eigenvalue weighted by Gasteiger charge is 2.31. The largest absolute Gasteiger partial charge is 0.486 e. The summed E-state index contributed by atoms with van der Waals surface area (Å²) in [5.74, 6) is 0.0434. The van der Waals surface area contributed by atoms with Gasteiger partial charge in [-0.1, -0.05) is 0 Å². The minimum atomic E-state index is -0.478. The van der Waals surface area contributed by atoms with E-state index < -0.39 is 6.10 Å². The van der Waals surface area contributed by atoms with Crippen molar-refractivity contribution in [3.05, 3.63) is 11.3 Å². The summed E-state index contributed by atoms with van der Waals surface area (Å²) in [6.07, 6.45) is -0.478. The van der Waals surface area contributed by atoms with Crippen LogP contribution in [0.2, 0.25) is 0 Å². The topological polar surface area (TPSA) is 43.4 Å². The van der Waals surface area contributed by atoms with Gasteiger partial charge in [0.05, 0.1) is 0 Å². The van der Waals surface area contributed by atoms with Gasteiger partial charge in [-0.05, 0) is 20.8 Å². The van der Waals surface area contributed by atoms with Crippen molar-refractivity contribution in [1.29, 1.82) is 0 Å². The number of ether oxygens (including phenoxy) is 1. The molecule has 0 aromatic heterocycles. The predicted octanol–water partition coefficient (Wildman–Crippen LogP) is 0.837. The number of allylic oxidation sites excluding steroid dienone is 1. The van der Waals surface area contributed by atoms with Gasteiger partial charge in [0, 0.05) is 0 Å². The molecule has 0 aromatic carbocycles. The number of hydrogen-bond acceptors (Lipinski definition) is 3. The third-order valence-electron chi connectivity index (χ3n) is 1.67. The van der Waals surface area contributed by atoms with Gasteiger partial charge in [-0.3, -0.25) is 9.59 Å². The average molecular weight is 154 g/mol. The smallest absolute Gasteiger partial charge is 0.209 e. The van der Waals surface area contributed by atoms with Crippen LogP contribution in [-0.4, -0.2) is 17.7 Å². The summed E-state index contributed by atoms with van der Waals surface area (Å²) < 4.78 is 5.06. The first-order valence-corrected chi connectivity index (χ1v) is 3.46. The molecule has 0 bridgehead atoms. The van der Waals surface area contributed by atoms with Crippen molar-refractivity contribution in [3.63, 3.8) is 0 Å². The van der Waals surface area contributed by atoms with Crippen LogP contribution in [0.25, 0.3) is 0 Å². The molecule has 0 fully saturated rings. The summed E-state index contributed by atoms with van der Waals surface area (Å²) in [6, 6.07) is 0. The molecule has 0 unspecified atom stereocenters. The molecule has 3 heteroatoms. The maximum Gasteiger partial charge on any atom is 0.209 e. The number of hydrogen-bond donors (Lipinski definition) is 0. The summed E-state index contributed by atoms with van der Waals surface area (Å²) >= 11 is 0. The minimum Gasteiger partial charge on any atom is -0.486 e. The van der Waals surface area contributed by atoms with Crippen LogP contribution in [0.1, 0.15) is 20.8 Å². The molecule has 3 nitrogen and oxygen atoms in total. The fourth-order valence-electron chi connectivity index (χ4n) is 1.18. The van der Waals surface area contributed by atoms with E-state index in [1.165, 1.54) is 6.92 Å². The molecule has 0 aromatic rings. The standard InChI is InChI=1S/C8H10O3/c1-4(9)7-5(2)11-6(3)8(7)10/h6H,1-3H3/t6-/m0/s1. The van der Waals surface area contributed by atoms with Gasteiger partial charge < -0.3 is 4.74 Å². The normalized spacial score (nSPS) is 23.9. The molecule has 1 rings (SSSR count). The Morgan fingerprint density at radius 3 is 2.27 bits per heavy atom. The Morgan fingerprint density at radius 1 is 1.55 bits per heavy atom. The van der Waals surface area contributed by atoms with Crippen LogP contribution in [-0.2, 0) is 14.3 Å². The lowest BCUT2D eigenvalue weighted by Crippen LogP contribution is -2.16. The Hall–Kier alpha value is -1.12. The lowest BCUT2D eigenvalue weighted by atomic mass is 10.1. The highest BCUT2D eigenvalue weighted by atomic mass is 16.5. The summed E-state index contributed by atoms with van der Waals surface area (Å²) in [7, 11) is 0. The van der Waals surface area contributed by atoms with Crippen LogP contribution >= 0.6 is 0 Å². The van der Waals surface area contributed by atoms with Gasteiger partial charge in [0.2, 0.25) is 5.78 Å². The zero-order chi connectivity index (χ0) is 8.59. The van der Waals surface area contributed by atoms with Crippen molar-refractivity contribution >= 4 is 11.6 Å². The Balaban J connectivity index is 3.01. The summed E-state index contributed by atoms with van der Waals surface area (Å²) in [5, 5.41) is 0. The second kappa shape index (κ2) is 2.49. The first kappa shape index (κ1) is 7.98. The van der Waals surface area contributed by atoms with E-state index in [0.717, 1.165) is 0 Å². The molecule has 0 aliphatic carbocycles. The molecule has 0 radical (unpaired) electrons. The highest BCUT2D eigenvalue weighted by molar-refractivity contribution is 6.22. The fourth-order valence-corrected chi connectivity index (χ4v) is 1.18. The van der Waals surface area contributed by atoms with E-state index in [2.05, 4.69) is 0 Å². The molecule has 1 atom stereocenters. The number of ketones is 2. The van der Waals surface area contributed by atoms with Crippen LogP contribution in [0.4, 0.5) is 0 Å². The van der Waals surface area contributed by atoms with Gasteiger partial charge in [-0.25, -0.2) is 0 Å². The molecule has 0 spiro atoms. The molecule has 1 heterocycles. The third-order valence-corrected chi connectivity index (χ3v) is 1.67. The molecule has 11 heavy (non-hydrogen) atoms. The van der Waals surface area contributed by atoms with Gasteiger partial charge in [0.1, 0.15) is 11.3 Å². The van der Waals surface area contributed by atoms with Crippen molar-refractivity contribution in [1.82, 2.24) is 0 Å². The minimum absolute atomic E-state index is 0.199. The van der Waals surface area contributed by atoms with E-state index in [-0.39, 0.29) is 17.1 Å². The molecule has 1 aliphatic rings. The monoisotopic (exact) mass is 154 g/mol. The zero-order valence-electron chi connectivity index (χ0n) is 6.80. The zero-order valence-corrected chi connectivity index (χ0v) is 6.80. The van der Waals surface area contributed by atoms with Gasteiger partial charge in [0.25, 0.3) is 0 Å². The molecule has 0 saturated heterocycles. The second-order valence-electron chi connectivity index (χ2n) is 2.61. The van der Waals surface area contributed by atoms with E-state index in [1.54, 1.807) is 13.8 Å². The van der Waals surface area contributed by atoms with Gasteiger partial charge in [0.15, 0.2) is 11.9 Å². The van der Waals surface area contributed by atoms with E-state index in [4.69, 9.17) is 4.74 Å². The van der Waals surface area contributed by atoms with Gasteiger partial charge >= 0.3 is 0 Å². The van der Waals surface area contributed by atoms with E-state index >= 15 is 0 Å². The SMILES string of the molecule is CC(=O)C1=C(C)O[C@@H](C)C1=O. The van der Waals surface area contributed by atoms with Gasteiger partial charge in [-0.2, -0.15) is 0 Å². The molecule has 0 saturated carbocycles. The lowest BCUT2D eigenvalue weighted by Gasteiger charge is -2.00. The Labute approximate surface area is 65.0 Å². The van der Waals surface area contributed by atoms with Crippen LogP contribution in [0.3, 0.4) is 0 Å². The molecule has 60 valence electrons. The summed E-state index contributed by atoms with van der Waals surface area (Å²) in [6.45, 7) is 4.65. The van der Waals surface area contributed by atoms with Gasteiger partial charge in [-0.15, -0.1) is 0 Å². The number of rotatable bonds is 1. The summed E-state index contributed by atoms with van der Waals surface area (Å²) in [4.78, 5) is 22.0. The van der Waals surface area contributed by atoms with E-state index in [9.17, 15) is 9.59 Å². The molecular weight excluding hydrogens is 144 g/mol. The molecule has 0 amide bonds. The van der Waals surface area contributed by atoms with Crippen LogP contribution in [0.15, 0.2) is 11.3 Å². The maximum atomic E-state index is 11.2. The number of carbonyl (C=O) groups is 2. The first-order chi connectivity index (χ1) is 5.04. The van der Waals surface area contributed by atoms with Crippen molar-refractivity contribution in [3.8, 4) is 0 Å². The quantitative estimate of drug-likeness (QED) is 0.525. The van der Waals surface area contributed by atoms with Crippen molar-refractivity contribution in [2.24, 2.45) is 0 Å². The maximum absolute atomic E-state index is 11.2. The van der Waals surface area contributed by atoms with E-state index in [0.29, 0.717) is 5.76 Å². The first-order valence-electron chi connectivity index (χ1n) is 3.46. The fraction of sp³-hybridized carbons (Fsp3) is 0.500. The number of carbonyl (C=O) groups excluding carboxylic acids is 2. The predicted molar refractivity (Wildman–Crippen MR) is 38.9 cm³/mol. The van der Waals surface area contributed by atoms with Crippen molar-refractivity contribution < 1.29 is 14.3 Å². The second-order valence-corrected chi connectivity index (χ2v) is 2.61. The van der Waals surface area contributed by atoms with Crippen LogP contribution in [0.5, 0.6) is 0 Å². The van der Waals surface area contributed by atoms with E-state index in [1.807, 2.05) is 0 Å². The average Bonchev–Trinajstić information content (AvgIpc) is 2.07.